The smallest absolute Gasteiger partial charge is 0.122 e. The van der Waals surface area contributed by atoms with E-state index >= 15 is 0 Å². The van der Waals surface area contributed by atoms with E-state index in [4.69, 9.17) is 0 Å². The van der Waals surface area contributed by atoms with E-state index in [9.17, 15) is 0 Å². The predicted octanol–water partition coefficient (Wildman–Crippen LogP) is 2.71. The van der Waals surface area contributed by atoms with Crippen LogP contribution in [-0.2, 0) is 26.7 Å². The second-order valence-electron chi connectivity index (χ2n) is 7.00. The molecule has 4 rings (SSSR count). The van der Waals surface area contributed by atoms with Crippen LogP contribution in [0, 0.1) is 0 Å². The molecule has 1 aromatic carbocycles. The van der Waals surface area contributed by atoms with E-state index < -0.39 is 0 Å². The van der Waals surface area contributed by atoms with Gasteiger partial charge in [0.25, 0.3) is 0 Å². The third kappa shape index (κ3) is 3.48. The van der Waals surface area contributed by atoms with E-state index in [2.05, 4.69) is 68.4 Å². The van der Waals surface area contributed by atoms with Crippen LogP contribution in [0.3, 0.4) is 0 Å². The first kappa shape index (κ1) is 16.4. The number of aryl methyl sites for hydroxylation is 2. The average molecular weight is 337 g/mol. The van der Waals surface area contributed by atoms with Gasteiger partial charge in [0.2, 0.25) is 0 Å². The predicted molar refractivity (Wildman–Crippen MR) is 101 cm³/mol. The van der Waals surface area contributed by atoms with Crippen LogP contribution in [0.25, 0.3) is 10.9 Å². The summed E-state index contributed by atoms with van der Waals surface area (Å²) in [6.07, 6.45) is 6.09. The fourth-order valence-corrected chi connectivity index (χ4v) is 3.74. The summed E-state index contributed by atoms with van der Waals surface area (Å²) in [5.41, 5.74) is 2.75. The van der Waals surface area contributed by atoms with E-state index in [0.717, 1.165) is 51.6 Å². The van der Waals surface area contributed by atoms with E-state index in [1.165, 1.54) is 16.5 Å². The van der Waals surface area contributed by atoms with Crippen molar-refractivity contribution >= 4 is 10.9 Å². The number of aromatic nitrogens is 3. The molecule has 1 aliphatic heterocycles. The third-order valence-corrected chi connectivity index (χ3v) is 5.33. The zero-order valence-corrected chi connectivity index (χ0v) is 15.2. The van der Waals surface area contributed by atoms with Gasteiger partial charge in [-0.3, -0.25) is 9.80 Å². The Morgan fingerprint density at radius 3 is 2.40 bits per heavy atom. The van der Waals surface area contributed by atoms with Crippen LogP contribution in [0.15, 0.2) is 42.9 Å². The largest absolute Gasteiger partial charge is 0.348 e. The maximum absolute atomic E-state index is 4.44. The van der Waals surface area contributed by atoms with Gasteiger partial charge in [-0.15, -0.1) is 0 Å². The highest BCUT2D eigenvalue weighted by Crippen LogP contribution is 2.19. The first-order valence-corrected chi connectivity index (χ1v) is 9.21. The molecular formula is C20H27N5. The lowest BCUT2D eigenvalue weighted by molar-refractivity contribution is 0.119. The molecule has 132 valence electrons. The van der Waals surface area contributed by atoms with Crippen molar-refractivity contribution in [3.05, 3.63) is 54.2 Å². The first-order valence-electron chi connectivity index (χ1n) is 9.21. The molecule has 0 aliphatic carbocycles. The number of piperazine rings is 1. The van der Waals surface area contributed by atoms with Crippen LogP contribution < -0.4 is 0 Å². The molecule has 1 fully saturated rings. The maximum atomic E-state index is 4.44. The molecule has 25 heavy (non-hydrogen) atoms. The minimum Gasteiger partial charge on any atom is -0.348 e. The van der Waals surface area contributed by atoms with Gasteiger partial charge in [0, 0.05) is 70.4 Å². The number of hydrogen-bond acceptors (Lipinski definition) is 3. The van der Waals surface area contributed by atoms with Crippen LogP contribution in [0.2, 0.25) is 0 Å². The lowest BCUT2D eigenvalue weighted by Gasteiger charge is -2.34. The average Bonchev–Trinajstić information content (AvgIpc) is 3.22. The molecule has 1 saturated heterocycles. The number of fused-ring (bicyclic) bond motifs is 1. The molecule has 0 amide bonds. The fraction of sp³-hybridized carbons (Fsp3) is 0.450. The highest BCUT2D eigenvalue weighted by molar-refractivity contribution is 5.80. The van der Waals surface area contributed by atoms with Gasteiger partial charge in [-0.05, 0) is 36.1 Å². The second-order valence-corrected chi connectivity index (χ2v) is 7.00. The molecule has 5 heteroatoms. The summed E-state index contributed by atoms with van der Waals surface area (Å²) in [5.74, 6) is 1.15. The molecule has 3 aromatic rings. The van der Waals surface area contributed by atoms with Crippen LogP contribution in [-0.4, -0.2) is 50.1 Å². The molecule has 2 aromatic heterocycles. The molecule has 0 N–H and O–H groups in total. The Hall–Kier alpha value is -2.11. The molecule has 1 aliphatic rings. The standard InChI is InChI=1S/C20H27N5/c1-3-25-8-6-18-14-17(4-5-19(18)25)15-23-10-12-24(13-11-23)16-20-21-7-9-22(20)2/h4-9,14H,3,10-13,15-16H2,1-2H3. The number of nitrogens with zero attached hydrogens (tertiary/aromatic N) is 5. The normalized spacial score (nSPS) is 16.7. The van der Waals surface area contributed by atoms with Gasteiger partial charge in [0.05, 0.1) is 6.54 Å². The van der Waals surface area contributed by atoms with Crippen molar-refractivity contribution in [3.8, 4) is 0 Å². The lowest BCUT2D eigenvalue weighted by Crippen LogP contribution is -2.45. The van der Waals surface area contributed by atoms with Crippen LogP contribution in [0.5, 0.6) is 0 Å². The molecular weight excluding hydrogens is 310 g/mol. The van der Waals surface area contributed by atoms with Gasteiger partial charge in [-0.1, -0.05) is 6.07 Å². The summed E-state index contributed by atoms with van der Waals surface area (Å²) in [6.45, 7) is 9.69. The zero-order valence-electron chi connectivity index (χ0n) is 15.2. The minimum atomic E-state index is 0.952. The van der Waals surface area contributed by atoms with E-state index in [1.54, 1.807) is 0 Å². The van der Waals surface area contributed by atoms with Gasteiger partial charge < -0.3 is 9.13 Å². The van der Waals surface area contributed by atoms with Crippen molar-refractivity contribution < 1.29 is 0 Å². The van der Waals surface area contributed by atoms with Crippen molar-refractivity contribution in [2.24, 2.45) is 7.05 Å². The molecule has 0 spiro atoms. The molecule has 3 heterocycles. The Labute approximate surface area is 149 Å². The number of hydrogen-bond donors (Lipinski definition) is 0. The Morgan fingerprint density at radius 2 is 1.72 bits per heavy atom. The zero-order chi connectivity index (χ0) is 17.2. The minimum absolute atomic E-state index is 0.952. The molecule has 0 radical (unpaired) electrons. The topological polar surface area (TPSA) is 29.2 Å². The Balaban J connectivity index is 1.34. The van der Waals surface area contributed by atoms with Crippen LogP contribution >= 0.6 is 0 Å². The molecule has 5 nitrogen and oxygen atoms in total. The van der Waals surface area contributed by atoms with Gasteiger partial charge in [0.1, 0.15) is 5.82 Å². The summed E-state index contributed by atoms with van der Waals surface area (Å²) in [7, 11) is 2.07. The van der Waals surface area contributed by atoms with E-state index in [1.807, 2.05) is 12.4 Å². The molecule has 0 atom stereocenters. The van der Waals surface area contributed by atoms with Crippen LogP contribution in [0.4, 0.5) is 0 Å². The van der Waals surface area contributed by atoms with Crippen molar-refractivity contribution in [1.82, 2.24) is 23.9 Å². The third-order valence-electron chi connectivity index (χ3n) is 5.33. The van der Waals surface area contributed by atoms with Crippen molar-refractivity contribution in [3.63, 3.8) is 0 Å². The quantitative estimate of drug-likeness (QED) is 0.717. The number of benzene rings is 1. The van der Waals surface area contributed by atoms with Gasteiger partial charge in [-0.25, -0.2) is 4.98 Å². The second kappa shape index (κ2) is 7.02. The van der Waals surface area contributed by atoms with Crippen molar-refractivity contribution in [2.45, 2.75) is 26.6 Å². The highest BCUT2D eigenvalue weighted by Gasteiger charge is 2.18. The van der Waals surface area contributed by atoms with E-state index in [0.29, 0.717) is 0 Å². The molecule has 0 bridgehead atoms. The summed E-state index contributed by atoms with van der Waals surface area (Å²) in [6, 6.07) is 9.13. The molecule has 0 unspecified atom stereocenters. The van der Waals surface area contributed by atoms with Crippen molar-refractivity contribution in [1.29, 1.82) is 0 Å². The molecule has 0 saturated carbocycles. The SMILES string of the molecule is CCn1ccc2cc(CN3CCN(Cc4nccn4C)CC3)ccc21. The van der Waals surface area contributed by atoms with Crippen LogP contribution in [0.1, 0.15) is 18.3 Å². The maximum Gasteiger partial charge on any atom is 0.122 e. The Bertz CT molecular complexity index is 839. The van der Waals surface area contributed by atoms with Gasteiger partial charge in [0.15, 0.2) is 0 Å². The number of imidazole rings is 1. The monoisotopic (exact) mass is 337 g/mol. The van der Waals surface area contributed by atoms with Gasteiger partial charge in [-0.2, -0.15) is 0 Å². The summed E-state index contributed by atoms with van der Waals surface area (Å²) in [5, 5.41) is 1.35. The Kier molecular flexibility index (Phi) is 4.59. The first-order chi connectivity index (χ1) is 12.2. The highest BCUT2D eigenvalue weighted by atomic mass is 15.3. The summed E-state index contributed by atoms with van der Waals surface area (Å²) >= 11 is 0. The van der Waals surface area contributed by atoms with Crippen molar-refractivity contribution in [2.75, 3.05) is 26.2 Å². The van der Waals surface area contributed by atoms with Gasteiger partial charge >= 0.3 is 0 Å². The number of rotatable bonds is 5. The summed E-state index contributed by atoms with van der Waals surface area (Å²) < 4.78 is 4.42. The van der Waals surface area contributed by atoms with E-state index in [-0.39, 0.29) is 0 Å². The lowest BCUT2D eigenvalue weighted by atomic mass is 10.1. The Morgan fingerprint density at radius 1 is 0.960 bits per heavy atom. The summed E-state index contributed by atoms with van der Waals surface area (Å²) in [4.78, 5) is 9.51. The fourth-order valence-electron chi connectivity index (χ4n) is 3.74.